The molecule has 102 valence electrons. The molecule has 0 saturated carbocycles. The van der Waals surface area contributed by atoms with E-state index in [-0.39, 0.29) is 6.04 Å². The molecule has 2 aromatic heterocycles. The lowest BCUT2D eigenvalue weighted by Gasteiger charge is -2.08. The van der Waals surface area contributed by atoms with E-state index >= 15 is 0 Å². The minimum Gasteiger partial charge on any atom is -0.469 e. The first-order valence-corrected chi connectivity index (χ1v) is 6.44. The molecule has 1 atom stereocenters. The van der Waals surface area contributed by atoms with Crippen molar-refractivity contribution in [3.63, 3.8) is 0 Å². The Morgan fingerprint density at radius 2 is 1.90 bits per heavy atom. The van der Waals surface area contributed by atoms with E-state index in [2.05, 4.69) is 15.2 Å². The van der Waals surface area contributed by atoms with Crippen LogP contribution in [0.1, 0.15) is 28.8 Å². The first-order valence-electron chi connectivity index (χ1n) is 6.44. The summed E-state index contributed by atoms with van der Waals surface area (Å²) in [5.41, 5.74) is 9.30. The standard InChI is InChI=1S/C15H16N4O/c1-9-3-5-11(6-4-9)13(16)15-17-14(18-19-15)12-7-8-20-10(12)2/h3-8,13H,16H2,1-2H3,(H,17,18,19)/t13-/m1/s1. The first-order chi connectivity index (χ1) is 9.65. The van der Waals surface area contributed by atoms with Gasteiger partial charge in [0.05, 0.1) is 17.9 Å². The first kappa shape index (κ1) is 12.6. The Morgan fingerprint density at radius 3 is 2.55 bits per heavy atom. The molecule has 1 aromatic carbocycles. The van der Waals surface area contributed by atoms with Gasteiger partial charge in [-0.05, 0) is 25.5 Å². The van der Waals surface area contributed by atoms with E-state index in [9.17, 15) is 0 Å². The maximum Gasteiger partial charge on any atom is 0.184 e. The zero-order chi connectivity index (χ0) is 14.1. The lowest BCUT2D eigenvalue weighted by atomic mass is 10.1. The average molecular weight is 268 g/mol. The van der Waals surface area contributed by atoms with Gasteiger partial charge in [-0.15, -0.1) is 0 Å². The number of H-pyrrole nitrogens is 1. The van der Waals surface area contributed by atoms with E-state index in [4.69, 9.17) is 10.2 Å². The quantitative estimate of drug-likeness (QED) is 0.765. The largest absolute Gasteiger partial charge is 0.469 e. The average Bonchev–Trinajstić information content (AvgIpc) is 3.07. The number of hydrogen-bond acceptors (Lipinski definition) is 4. The van der Waals surface area contributed by atoms with Crippen LogP contribution in [0.2, 0.25) is 0 Å². The molecule has 3 rings (SSSR count). The molecule has 3 N–H and O–H groups in total. The number of benzene rings is 1. The van der Waals surface area contributed by atoms with E-state index in [1.807, 2.05) is 44.2 Å². The topological polar surface area (TPSA) is 80.7 Å². The van der Waals surface area contributed by atoms with E-state index in [1.54, 1.807) is 6.26 Å². The fraction of sp³-hybridized carbons (Fsp3) is 0.200. The van der Waals surface area contributed by atoms with E-state index in [0.29, 0.717) is 11.6 Å². The van der Waals surface area contributed by atoms with Crippen molar-refractivity contribution >= 4 is 0 Å². The van der Waals surface area contributed by atoms with Gasteiger partial charge in [-0.1, -0.05) is 29.8 Å². The van der Waals surface area contributed by atoms with Gasteiger partial charge < -0.3 is 10.2 Å². The highest BCUT2D eigenvalue weighted by atomic mass is 16.3. The zero-order valence-corrected chi connectivity index (χ0v) is 11.4. The molecule has 0 fully saturated rings. The summed E-state index contributed by atoms with van der Waals surface area (Å²) in [6, 6.07) is 9.61. The van der Waals surface area contributed by atoms with Crippen molar-refractivity contribution in [2.45, 2.75) is 19.9 Å². The number of aromatic amines is 1. The van der Waals surface area contributed by atoms with Crippen molar-refractivity contribution in [1.82, 2.24) is 15.2 Å². The van der Waals surface area contributed by atoms with Crippen LogP contribution >= 0.6 is 0 Å². The van der Waals surface area contributed by atoms with Crippen LogP contribution in [0.25, 0.3) is 11.4 Å². The Balaban J connectivity index is 1.90. The lowest BCUT2D eigenvalue weighted by molar-refractivity contribution is 0.535. The molecule has 0 aliphatic heterocycles. The third-order valence-corrected chi connectivity index (χ3v) is 3.33. The number of nitrogens with one attached hydrogen (secondary N) is 1. The molecule has 20 heavy (non-hydrogen) atoms. The van der Waals surface area contributed by atoms with Crippen LogP contribution in [-0.4, -0.2) is 15.2 Å². The summed E-state index contributed by atoms with van der Waals surface area (Å²) in [5.74, 6) is 2.04. The second-order valence-corrected chi connectivity index (χ2v) is 4.82. The SMILES string of the molecule is Cc1ccc([C@@H](N)c2nc(-c3ccoc3C)n[nH]2)cc1. The summed E-state index contributed by atoms with van der Waals surface area (Å²) in [7, 11) is 0. The molecule has 0 spiro atoms. The van der Waals surface area contributed by atoms with Gasteiger partial charge in [-0.2, -0.15) is 5.10 Å². The van der Waals surface area contributed by atoms with Gasteiger partial charge >= 0.3 is 0 Å². The molecule has 0 bridgehead atoms. The second-order valence-electron chi connectivity index (χ2n) is 4.82. The zero-order valence-electron chi connectivity index (χ0n) is 11.4. The number of aromatic nitrogens is 3. The van der Waals surface area contributed by atoms with Crippen LogP contribution in [-0.2, 0) is 0 Å². The fourth-order valence-electron chi connectivity index (χ4n) is 2.08. The molecule has 0 unspecified atom stereocenters. The van der Waals surface area contributed by atoms with Crippen LogP contribution in [0.15, 0.2) is 41.0 Å². The summed E-state index contributed by atoms with van der Waals surface area (Å²) in [5, 5.41) is 7.11. The second kappa shape index (κ2) is 4.94. The van der Waals surface area contributed by atoms with Gasteiger partial charge in [-0.25, -0.2) is 4.98 Å². The number of rotatable bonds is 3. The minimum absolute atomic E-state index is 0.316. The van der Waals surface area contributed by atoms with Crippen LogP contribution in [0.4, 0.5) is 0 Å². The van der Waals surface area contributed by atoms with Gasteiger partial charge in [0, 0.05) is 0 Å². The molecule has 0 amide bonds. The Hall–Kier alpha value is -2.40. The Bertz CT molecular complexity index is 712. The predicted octanol–water partition coefficient (Wildman–Crippen LogP) is 2.73. The summed E-state index contributed by atoms with van der Waals surface area (Å²) < 4.78 is 5.26. The number of aryl methyl sites for hydroxylation is 2. The Morgan fingerprint density at radius 1 is 1.15 bits per heavy atom. The van der Waals surface area contributed by atoms with E-state index < -0.39 is 0 Å². The fourth-order valence-corrected chi connectivity index (χ4v) is 2.08. The van der Waals surface area contributed by atoms with Crippen molar-refractivity contribution in [1.29, 1.82) is 0 Å². The van der Waals surface area contributed by atoms with Gasteiger partial charge in [-0.3, -0.25) is 5.10 Å². The number of hydrogen-bond donors (Lipinski definition) is 2. The predicted molar refractivity (Wildman–Crippen MR) is 76.0 cm³/mol. The summed E-state index contributed by atoms with van der Waals surface area (Å²) in [6.45, 7) is 3.93. The molecule has 0 radical (unpaired) electrons. The molecular weight excluding hydrogens is 252 g/mol. The smallest absolute Gasteiger partial charge is 0.184 e. The molecule has 5 nitrogen and oxygen atoms in total. The minimum atomic E-state index is -0.316. The van der Waals surface area contributed by atoms with Crippen molar-refractivity contribution in [2.24, 2.45) is 5.73 Å². The highest BCUT2D eigenvalue weighted by Gasteiger charge is 2.16. The van der Waals surface area contributed by atoms with Crippen LogP contribution in [0.3, 0.4) is 0 Å². The molecule has 2 heterocycles. The maximum absolute atomic E-state index is 6.21. The Kier molecular flexibility index (Phi) is 3.12. The monoisotopic (exact) mass is 268 g/mol. The highest BCUT2D eigenvalue weighted by Crippen LogP contribution is 2.23. The number of nitrogens with two attached hydrogens (primary N) is 1. The number of nitrogens with zero attached hydrogens (tertiary/aromatic N) is 2. The van der Waals surface area contributed by atoms with Crippen molar-refractivity contribution < 1.29 is 4.42 Å². The lowest BCUT2D eigenvalue weighted by Crippen LogP contribution is -2.13. The highest BCUT2D eigenvalue weighted by molar-refractivity contribution is 5.56. The van der Waals surface area contributed by atoms with Crippen LogP contribution in [0.5, 0.6) is 0 Å². The van der Waals surface area contributed by atoms with Crippen LogP contribution in [0, 0.1) is 13.8 Å². The molecule has 3 aromatic rings. The summed E-state index contributed by atoms with van der Waals surface area (Å²) in [4.78, 5) is 4.46. The molecule has 5 heteroatoms. The maximum atomic E-state index is 6.21. The van der Waals surface area contributed by atoms with E-state index in [0.717, 1.165) is 16.9 Å². The van der Waals surface area contributed by atoms with Crippen LogP contribution < -0.4 is 5.73 Å². The third-order valence-electron chi connectivity index (χ3n) is 3.33. The normalized spacial score (nSPS) is 12.6. The molecule has 0 saturated heterocycles. The van der Waals surface area contributed by atoms with Gasteiger partial charge in [0.1, 0.15) is 11.6 Å². The third kappa shape index (κ3) is 2.23. The number of furan rings is 1. The van der Waals surface area contributed by atoms with Gasteiger partial charge in [0.15, 0.2) is 5.82 Å². The van der Waals surface area contributed by atoms with Gasteiger partial charge in [0.2, 0.25) is 0 Å². The summed E-state index contributed by atoms with van der Waals surface area (Å²) >= 11 is 0. The van der Waals surface area contributed by atoms with Gasteiger partial charge in [0.25, 0.3) is 0 Å². The molecular formula is C15H16N4O. The Labute approximate surface area is 116 Å². The molecule has 0 aliphatic carbocycles. The summed E-state index contributed by atoms with van der Waals surface area (Å²) in [6.07, 6.45) is 1.63. The van der Waals surface area contributed by atoms with Crippen molar-refractivity contribution in [2.75, 3.05) is 0 Å². The van der Waals surface area contributed by atoms with Crippen molar-refractivity contribution in [3.8, 4) is 11.4 Å². The van der Waals surface area contributed by atoms with Crippen molar-refractivity contribution in [3.05, 3.63) is 59.3 Å². The van der Waals surface area contributed by atoms with E-state index in [1.165, 1.54) is 5.56 Å². The molecule has 0 aliphatic rings.